The fourth-order valence-electron chi connectivity index (χ4n) is 1.91. The number of carbonyl (C=O) groups is 1. The van der Waals surface area contributed by atoms with Gasteiger partial charge in [-0.25, -0.2) is 0 Å². The Bertz CT molecular complexity index is 607. The average molecular weight is 274 g/mol. The fraction of sp³-hybridized carbons (Fsp3) is 0.188. The monoisotopic (exact) mass is 273 g/mol. The van der Waals surface area contributed by atoms with E-state index in [1.807, 2.05) is 43.3 Å². The molecule has 3 heteroatoms. The van der Waals surface area contributed by atoms with Gasteiger partial charge in [-0.2, -0.15) is 0 Å². The minimum atomic E-state index is 0.103. The van der Waals surface area contributed by atoms with Gasteiger partial charge in [0.15, 0.2) is 5.78 Å². The molecule has 0 saturated carbocycles. The number of hydrogen-bond donors (Lipinski definition) is 1. The molecule has 0 fully saturated rings. The summed E-state index contributed by atoms with van der Waals surface area (Å²) >= 11 is 5.91. The van der Waals surface area contributed by atoms with Crippen LogP contribution in [0.5, 0.6) is 0 Å². The summed E-state index contributed by atoms with van der Waals surface area (Å²) in [5.74, 6) is 0.103. The van der Waals surface area contributed by atoms with Gasteiger partial charge in [-0.15, -0.1) is 0 Å². The Kier molecular flexibility index (Phi) is 4.23. The van der Waals surface area contributed by atoms with Crippen molar-refractivity contribution in [1.29, 1.82) is 0 Å². The molecule has 2 aromatic carbocycles. The van der Waals surface area contributed by atoms with Crippen LogP contribution in [0.15, 0.2) is 42.5 Å². The Hall–Kier alpha value is -1.80. The molecule has 0 aliphatic heterocycles. The van der Waals surface area contributed by atoms with E-state index >= 15 is 0 Å². The molecule has 2 nitrogen and oxygen atoms in total. The smallest absolute Gasteiger partial charge is 0.163 e. The number of Topliss-reactive ketones (excluding diaryl/α,β-unsaturated/α-hetero) is 1. The SMILES string of the molecule is Cc1ccc(C(=O)CCc2cccc(Cl)c2)cc1N. The summed E-state index contributed by atoms with van der Waals surface area (Å²) in [6.07, 6.45) is 1.15. The van der Waals surface area contributed by atoms with E-state index in [-0.39, 0.29) is 5.78 Å². The number of ketones is 1. The van der Waals surface area contributed by atoms with E-state index in [0.29, 0.717) is 29.1 Å². The Morgan fingerprint density at radius 2 is 2.00 bits per heavy atom. The van der Waals surface area contributed by atoms with Gasteiger partial charge in [-0.3, -0.25) is 4.79 Å². The van der Waals surface area contributed by atoms with Crippen LogP contribution in [0.25, 0.3) is 0 Å². The number of anilines is 1. The highest BCUT2D eigenvalue weighted by molar-refractivity contribution is 6.30. The molecule has 0 spiro atoms. The number of aryl methyl sites for hydroxylation is 2. The van der Waals surface area contributed by atoms with Crippen molar-refractivity contribution in [2.45, 2.75) is 19.8 Å². The van der Waals surface area contributed by atoms with Crippen molar-refractivity contribution in [3.05, 3.63) is 64.2 Å². The first-order valence-corrected chi connectivity index (χ1v) is 6.58. The first-order valence-electron chi connectivity index (χ1n) is 6.20. The van der Waals surface area contributed by atoms with Crippen LogP contribution in [0.4, 0.5) is 5.69 Å². The highest BCUT2D eigenvalue weighted by Crippen LogP contribution is 2.16. The molecule has 0 amide bonds. The average Bonchev–Trinajstić information content (AvgIpc) is 2.39. The van der Waals surface area contributed by atoms with Crippen LogP contribution in [-0.2, 0) is 6.42 Å². The number of benzene rings is 2. The van der Waals surface area contributed by atoms with Gasteiger partial charge in [0.25, 0.3) is 0 Å². The lowest BCUT2D eigenvalue weighted by Gasteiger charge is -2.05. The normalized spacial score (nSPS) is 10.4. The Labute approximate surface area is 118 Å². The third-order valence-electron chi connectivity index (χ3n) is 3.13. The molecule has 0 aliphatic carbocycles. The first-order chi connectivity index (χ1) is 9.06. The predicted molar refractivity (Wildman–Crippen MR) is 79.7 cm³/mol. The van der Waals surface area contributed by atoms with Gasteiger partial charge >= 0.3 is 0 Å². The van der Waals surface area contributed by atoms with Gasteiger partial charge in [-0.05, 0) is 42.7 Å². The number of rotatable bonds is 4. The summed E-state index contributed by atoms with van der Waals surface area (Å²) in [4.78, 5) is 12.1. The minimum absolute atomic E-state index is 0.103. The summed E-state index contributed by atoms with van der Waals surface area (Å²) in [6, 6.07) is 13.0. The van der Waals surface area contributed by atoms with Gasteiger partial charge in [-0.1, -0.05) is 35.9 Å². The Balaban J connectivity index is 2.03. The second kappa shape index (κ2) is 5.89. The Morgan fingerprint density at radius 3 is 2.68 bits per heavy atom. The van der Waals surface area contributed by atoms with Crippen molar-refractivity contribution in [3.8, 4) is 0 Å². The zero-order chi connectivity index (χ0) is 13.8. The first kappa shape index (κ1) is 13.6. The highest BCUT2D eigenvalue weighted by atomic mass is 35.5. The molecule has 0 atom stereocenters. The van der Waals surface area contributed by atoms with Crippen LogP contribution in [0.3, 0.4) is 0 Å². The van der Waals surface area contributed by atoms with Gasteiger partial charge in [0.1, 0.15) is 0 Å². The summed E-state index contributed by atoms with van der Waals surface area (Å²) in [5.41, 5.74) is 9.21. The molecule has 2 rings (SSSR count). The topological polar surface area (TPSA) is 43.1 Å². The van der Waals surface area contributed by atoms with E-state index < -0.39 is 0 Å². The molecular formula is C16H16ClNO. The molecular weight excluding hydrogens is 258 g/mol. The number of carbonyl (C=O) groups excluding carboxylic acids is 1. The number of halogens is 1. The van der Waals surface area contributed by atoms with Crippen molar-refractivity contribution in [2.24, 2.45) is 0 Å². The van der Waals surface area contributed by atoms with Crippen molar-refractivity contribution in [2.75, 3.05) is 5.73 Å². The zero-order valence-corrected chi connectivity index (χ0v) is 11.6. The van der Waals surface area contributed by atoms with Crippen molar-refractivity contribution in [3.63, 3.8) is 0 Å². The molecule has 0 unspecified atom stereocenters. The van der Waals surface area contributed by atoms with E-state index in [1.165, 1.54) is 0 Å². The van der Waals surface area contributed by atoms with Crippen molar-refractivity contribution in [1.82, 2.24) is 0 Å². The lowest BCUT2D eigenvalue weighted by atomic mass is 10.0. The van der Waals surface area contributed by atoms with Gasteiger partial charge in [0, 0.05) is 22.7 Å². The maximum Gasteiger partial charge on any atom is 0.163 e. The Morgan fingerprint density at radius 1 is 1.21 bits per heavy atom. The molecule has 2 N–H and O–H groups in total. The summed E-state index contributed by atoms with van der Waals surface area (Å²) in [5, 5.41) is 0.699. The lowest BCUT2D eigenvalue weighted by Crippen LogP contribution is -2.03. The zero-order valence-electron chi connectivity index (χ0n) is 10.8. The van der Waals surface area contributed by atoms with Crippen molar-refractivity contribution < 1.29 is 4.79 Å². The molecule has 0 bridgehead atoms. The van der Waals surface area contributed by atoms with Crippen LogP contribution >= 0.6 is 11.6 Å². The van der Waals surface area contributed by atoms with Gasteiger partial charge in [0.05, 0.1) is 0 Å². The van der Waals surface area contributed by atoms with Gasteiger partial charge in [0.2, 0.25) is 0 Å². The number of hydrogen-bond acceptors (Lipinski definition) is 2. The molecule has 0 aliphatic rings. The second-order valence-electron chi connectivity index (χ2n) is 4.62. The predicted octanol–water partition coefficient (Wildman–Crippen LogP) is 4.05. The van der Waals surface area contributed by atoms with E-state index in [4.69, 9.17) is 17.3 Å². The minimum Gasteiger partial charge on any atom is -0.398 e. The van der Waals surface area contributed by atoms with Crippen LogP contribution in [0, 0.1) is 6.92 Å². The molecule has 19 heavy (non-hydrogen) atoms. The third kappa shape index (κ3) is 3.58. The highest BCUT2D eigenvalue weighted by Gasteiger charge is 2.07. The van der Waals surface area contributed by atoms with E-state index in [9.17, 15) is 4.79 Å². The summed E-state index contributed by atoms with van der Waals surface area (Å²) < 4.78 is 0. The standard InChI is InChI=1S/C16H16ClNO/c1-11-5-7-13(10-15(11)18)16(19)8-6-12-3-2-4-14(17)9-12/h2-5,7,9-10H,6,8,18H2,1H3. The van der Waals surface area contributed by atoms with Crippen LogP contribution < -0.4 is 5.73 Å². The number of nitrogens with two attached hydrogens (primary N) is 1. The fourth-order valence-corrected chi connectivity index (χ4v) is 2.12. The largest absolute Gasteiger partial charge is 0.398 e. The van der Waals surface area contributed by atoms with E-state index in [0.717, 1.165) is 11.1 Å². The van der Waals surface area contributed by atoms with Crippen LogP contribution in [0.2, 0.25) is 5.02 Å². The summed E-state index contributed by atoms with van der Waals surface area (Å²) in [7, 11) is 0. The maximum absolute atomic E-state index is 12.1. The quantitative estimate of drug-likeness (QED) is 0.675. The molecule has 0 aromatic heterocycles. The van der Waals surface area contributed by atoms with Crippen LogP contribution in [-0.4, -0.2) is 5.78 Å². The molecule has 0 heterocycles. The van der Waals surface area contributed by atoms with Gasteiger partial charge < -0.3 is 5.73 Å². The van der Waals surface area contributed by atoms with Crippen LogP contribution in [0.1, 0.15) is 27.9 Å². The molecule has 98 valence electrons. The van der Waals surface area contributed by atoms with E-state index in [2.05, 4.69) is 0 Å². The maximum atomic E-state index is 12.1. The number of nitrogen functional groups attached to an aromatic ring is 1. The molecule has 2 aromatic rings. The molecule has 0 saturated heterocycles. The van der Waals surface area contributed by atoms with E-state index in [1.54, 1.807) is 6.07 Å². The second-order valence-corrected chi connectivity index (χ2v) is 5.06. The lowest BCUT2D eigenvalue weighted by molar-refractivity contribution is 0.0983. The van der Waals surface area contributed by atoms with Crippen molar-refractivity contribution >= 4 is 23.1 Å². The summed E-state index contributed by atoms with van der Waals surface area (Å²) in [6.45, 7) is 1.93. The molecule has 0 radical (unpaired) electrons. The third-order valence-corrected chi connectivity index (χ3v) is 3.37.